The summed E-state index contributed by atoms with van der Waals surface area (Å²) < 4.78 is 11.0. The van der Waals surface area contributed by atoms with Gasteiger partial charge in [-0.3, -0.25) is 4.79 Å². The van der Waals surface area contributed by atoms with Crippen molar-refractivity contribution in [1.82, 2.24) is 4.90 Å². The lowest BCUT2D eigenvalue weighted by Gasteiger charge is -2.47. The van der Waals surface area contributed by atoms with E-state index in [9.17, 15) is 4.79 Å². The summed E-state index contributed by atoms with van der Waals surface area (Å²) in [6.45, 7) is 6.15. The van der Waals surface area contributed by atoms with Crippen LogP contribution in [0.5, 0.6) is 5.75 Å². The minimum atomic E-state index is -0.638. The fourth-order valence-electron chi connectivity index (χ4n) is 3.59. The Balaban J connectivity index is 1.89. The van der Waals surface area contributed by atoms with Crippen LogP contribution in [0.2, 0.25) is 0 Å². The Bertz CT molecular complexity index is 791. The van der Waals surface area contributed by atoms with Crippen LogP contribution in [0.4, 0.5) is 5.69 Å². The third kappa shape index (κ3) is 4.14. The first-order valence-electron chi connectivity index (χ1n) is 10.0. The average Bonchev–Trinajstić information content (AvgIpc) is 2.71. The molecule has 3 rings (SSSR count). The number of fused-ring (bicyclic) bond motifs is 1. The summed E-state index contributed by atoms with van der Waals surface area (Å²) >= 11 is 0. The van der Waals surface area contributed by atoms with Crippen LogP contribution in [0.25, 0.3) is 0 Å². The second-order valence-electron chi connectivity index (χ2n) is 7.27. The van der Waals surface area contributed by atoms with Gasteiger partial charge >= 0.3 is 0 Å². The highest BCUT2D eigenvalue weighted by molar-refractivity contribution is 6.02. The van der Waals surface area contributed by atoms with Crippen molar-refractivity contribution in [3.05, 3.63) is 59.7 Å². The van der Waals surface area contributed by atoms with Gasteiger partial charge in [0.25, 0.3) is 5.91 Å². The molecule has 0 fully saturated rings. The van der Waals surface area contributed by atoms with Crippen LogP contribution in [0, 0.1) is 0 Å². The summed E-state index contributed by atoms with van der Waals surface area (Å²) in [4.78, 5) is 15.2. The molecule has 1 unspecified atom stereocenters. The Morgan fingerprint density at radius 1 is 1.04 bits per heavy atom. The van der Waals surface area contributed by atoms with Gasteiger partial charge in [0, 0.05) is 25.9 Å². The highest BCUT2D eigenvalue weighted by Gasteiger charge is 2.42. The zero-order chi connectivity index (χ0) is 20.0. The third-order valence-electron chi connectivity index (χ3n) is 5.23. The number of rotatable bonds is 9. The number of ether oxygens (including phenoxy) is 2. The second-order valence-corrected chi connectivity index (χ2v) is 7.27. The summed E-state index contributed by atoms with van der Waals surface area (Å²) in [5.74, 6) is 0.894. The van der Waals surface area contributed by atoms with E-state index in [1.807, 2.05) is 53.4 Å². The first kappa shape index (κ1) is 20.2. The molecule has 0 aromatic heterocycles. The van der Waals surface area contributed by atoms with Crippen molar-refractivity contribution in [2.75, 3.05) is 32.2 Å². The zero-order valence-electron chi connectivity index (χ0n) is 17.0. The van der Waals surface area contributed by atoms with Gasteiger partial charge in [-0.15, -0.1) is 0 Å². The Morgan fingerprint density at radius 2 is 1.79 bits per heavy atom. The lowest BCUT2D eigenvalue weighted by Crippen LogP contribution is -2.56. The number of carbonyl (C=O) groups excluding carboxylic acids is 1. The van der Waals surface area contributed by atoms with Gasteiger partial charge in [-0.25, -0.2) is 0 Å². The number of amides is 1. The van der Waals surface area contributed by atoms with E-state index < -0.39 is 5.66 Å². The van der Waals surface area contributed by atoms with Crippen LogP contribution in [0.3, 0.4) is 0 Å². The van der Waals surface area contributed by atoms with E-state index in [2.05, 4.69) is 19.2 Å². The van der Waals surface area contributed by atoms with Crippen LogP contribution in [0.1, 0.15) is 49.0 Å². The van der Waals surface area contributed by atoms with E-state index in [0.29, 0.717) is 18.7 Å². The van der Waals surface area contributed by atoms with Gasteiger partial charge in [-0.05, 0) is 49.6 Å². The van der Waals surface area contributed by atoms with Gasteiger partial charge in [0.15, 0.2) is 0 Å². The SMILES string of the molecule is CCCCOc1ccc(C2(C)Nc3ccccc3C(=O)N2CCCOC)cc1. The molecule has 0 spiro atoms. The molecule has 0 saturated carbocycles. The average molecular weight is 383 g/mol. The van der Waals surface area contributed by atoms with Crippen molar-refractivity contribution in [1.29, 1.82) is 0 Å². The maximum absolute atomic E-state index is 13.3. The molecule has 2 aromatic carbocycles. The van der Waals surface area contributed by atoms with Crippen molar-refractivity contribution in [3.8, 4) is 5.75 Å². The van der Waals surface area contributed by atoms with Crippen molar-refractivity contribution >= 4 is 11.6 Å². The van der Waals surface area contributed by atoms with E-state index >= 15 is 0 Å². The number of unbranched alkanes of at least 4 members (excludes halogenated alkanes) is 1. The molecule has 0 saturated heterocycles. The zero-order valence-corrected chi connectivity index (χ0v) is 17.0. The number of nitrogens with zero attached hydrogens (tertiary/aromatic N) is 1. The normalized spacial score (nSPS) is 18.5. The highest BCUT2D eigenvalue weighted by atomic mass is 16.5. The first-order valence-corrected chi connectivity index (χ1v) is 10.0. The summed E-state index contributed by atoms with van der Waals surface area (Å²) in [5.41, 5.74) is 1.95. The van der Waals surface area contributed by atoms with E-state index in [-0.39, 0.29) is 5.91 Å². The number of benzene rings is 2. The minimum Gasteiger partial charge on any atom is -0.494 e. The standard InChI is InChI=1S/C23H30N2O3/c1-4-5-17-28-19-13-11-18(12-14-19)23(2)24-21-10-7-6-9-20(21)22(26)25(23)15-8-16-27-3/h6-7,9-14,24H,4-5,8,15-17H2,1-3H3. The smallest absolute Gasteiger partial charge is 0.258 e. The predicted octanol–water partition coefficient (Wildman–Crippen LogP) is 4.64. The summed E-state index contributed by atoms with van der Waals surface area (Å²) in [6.07, 6.45) is 2.93. The van der Waals surface area contributed by atoms with Gasteiger partial charge in [-0.2, -0.15) is 0 Å². The number of para-hydroxylation sites is 1. The maximum Gasteiger partial charge on any atom is 0.258 e. The van der Waals surface area contributed by atoms with Gasteiger partial charge in [0.2, 0.25) is 0 Å². The molecule has 0 radical (unpaired) electrons. The number of hydrogen-bond donors (Lipinski definition) is 1. The number of carbonyl (C=O) groups is 1. The fourth-order valence-corrected chi connectivity index (χ4v) is 3.59. The Labute approximate surface area is 167 Å². The molecule has 5 nitrogen and oxygen atoms in total. The molecule has 2 aromatic rings. The first-order chi connectivity index (χ1) is 13.6. The number of hydrogen-bond acceptors (Lipinski definition) is 4. The van der Waals surface area contributed by atoms with Crippen LogP contribution in [-0.2, 0) is 10.4 Å². The Morgan fingerprint density at radius 3 is 2.50 bits per heavy atom. The van der Waals surface area contributed by atoms with E-state index in [0.717, 1.165) is 42.9 Å². The second kappa shape index (κ2) is 9.11. The van der Waals surface area contributed by atoms with Crippen molar-refractivity contribution in [2.45, 2.75) is 38.8 Å². The number of methoxy groups -OCH3 is 1. The van der Waals surface area contributed by atoms with Crippen molar-refractivity contribution in [2.24, 2.45) is 0 Å². The van der Waals surface area contributed by atoms with Crippen LogP contribution in [-0.4, -0.2) is 37.7 Å². The van der Waals surface area contributed by atoms with Gasteiger partial charge in [-0.1, -0.05) is 37.6 Å². The van der Waals surface area contributed by atoms with Crippen LogP contribution >= 0.6 is 0 Å². The van der Waals surface area contributed by atoms with Crippen LogP contribution in [0.15, 0.2) is 48.5 Å². The molecule has 150 valence electrons. The predicted molar refractivity (Wildman–Crippen MR) is 112 cm³/mol. The maximum atomic E-state index is 13.3. The minimum absolute atomic E-state index is 0.0382. The lowest BCUT2D eigenvalue weighted by molar-refractivity contribution is 0.0504. The molecule has 28 heavy (non-hydrogen) atoms. The molecule has 0 aliphatic carbocycles. The molecular weight excluding hydrogens is 352 g/mol. The monoisotopic (exact) mass is 382 g/mol. The molecular formula is C23H30N2O3. The summed E-state index contributed by atoms with van der Waals surface area (Å²) in [5, 5.41) is 3.59. The van der Waals surface area contributed by atoms with Crippen LogP contribution < -0.4 is 10.1 Å². The van der Waals surface area contributed by atoms with Crippen molar-refractivity contribution in [3.63, 3.8) is 0 Å². The van der Waals surface area contributed by atoms with Gasteiger partial charge < -0.3 is 19.7 Å². The topological polar surface area (TPSA) is 50.8 Å². The summed E-state index contributed by atoms with van der Waals surface area (Å²) in [6, 6.07) is 15.7. The largest absolute Gasteiger partial charge is 0.494 e. The molecule has 1 aliphatic heterocycles. The van der Waals surface area contributed by atoms with E-state index in [1.165, 1.54) is 0 Å². The van der Waals surface area contributed by atoms with Gasteiger partial charge in [0.05, 0.1) is 12.2 Å². The molecule has 1 amide bonds. The number of anilines is 1. The summed E-state index contributed by atoms with van der Waals surface area (Å²) in [7, 11) is 1.68. The fraction of sp³-hybridized carbons (Fsp3) is 0.435. The molecule has 1 atom stereocenters. The molecule has 1 heterocycles. The quantitative estimate of drug-likeness (QED) is 0.642. The van der Waals surface area contributed by atoms with E-state index in [4.69, 9.17) is 9.47 Å². The third-order valence-corrected chi connectivity index (χ3v) is 5.23. The molecule has 0 bridgehead atoms. The van der Waals surface area contributed by atoms with Gasteiger partial charge in [0.1, 0.15) is 11.4 Å². The number of nitrogens with one attached hydrogen (secondary N) is 1. The van der Waals surface area contributed by atoms with E-state index in [1.54, 1.807) is 7.11 Å². The molecule has 5 heteroatoms. The van der Waals surface area contributed by atoms with Crippen molar-refractivity contribution < 1.29 is 14.3 Å². The Kier molecular flexibility index (Phi) is 6.57. The lowest BCUT2D eigenvalue weighted by atomic mass is 9.93. The molecule has 1 aliphatic rings. The highest BCUT2D eigenvalue weighted by Crippen LogP contribution is 2.38. The Hall–Kier alpha value is -2.53. The molecule has 1 N–H and O–H groups in total.